The number of sulfonamides is 1. The molecule has 148 valence electrons. The Morgan fingerprint density at radius 1 is 1.35 bits per heavy atom. The first kappa shape index (κ1) is 21.2. The molecule has 0 unspecified atom stereocenters. The molecule has 1 aliphatic rings. The van der Waals surface area contributed by atoms with E-state index in [1.165, 1.54) is 19.3 Å². The predicted molar refractivity (Wildman–Crippen MR) is 103 cm³/mol. The first-order chi connectivity index (χ1) is 12.3. The molecule has 1 fully saturated rings. The summed E-state index contributed by atoms with van der Waals surface area (Å²) in [6.45, 7) is 8.06. The number of carbonyl (C=O) groups is 1. The highest BCUT2D eigenvalue weighted by atomic mass is 32.2. The van der Waals surface area contributed by atoms with Gasteiger partial charge >= 0.3 is 0 Å². The van der Waals surface area contributed by atoms with Gasteiger partial charge in [-0.25, -0.2) is 13.1 Å². The van der Waals surface area contributed by atoms with Crippen LogP contribution in [0.1, 0.15) is 52.9 Å². The molecule has 1 aromatic rings. The molecule has 2 rings (SSSR count). The summed E-state index contributed by atoms with van der Waals surface area (Å²) in [5.41, 5.74) is 0. The number of likely N-dealkylation sites (tertiary alicyclic amines) is 1. The van der Waals surface area contributed by atoms with E-state index in [4.69, 9.17) is 0 Å². The Morgan fingerprint density at radius 2 is 2.12 bits per heavy atom. The van der Waals surface area contributed by atoms with E-state index in [1.54, 1.807) is 13.8 Å². The zero-order valence-electron chi connectivity index (χ0n) is 15.7. The van der Waals surface area contributed by atoms with Crippen LogP contribution in [0.5, 0.6) is 0 Å². The summed E-state index contributed by atoms with van der Waals surface area (Å²) in [5, 5.41) is 10.2. The number of nitrogens with one attached hydrogen (secondary N) is 2. The molecule has 1 aliphatic heterocycles. The van der Waals surface area contributed by atoms with Crippen molar-refractivity contribution in [3.05, 3.63) is 0 Å². The van der Waals surface area contributed by atoms with E-state index in [2.05, 4.69) is 32.1 Å². The Bertz CT molecular complexity index is 690. The average molecular weight is 404 g/mol. The Hall–Kier alpha value is -1.10. The molecule has 26 heavy (non-hydrogen) atoms. The van der Waals surface area contributed by atoms with Gasteiger partial charge in [-0.15, -0.1) is 10.2 Å². The maximum absolute atomic E-state index is 12.3. The van der Waals surface area contributed by atoms with E-state index in [-0.39, 0.29) is 21.3 Å². The fourth-order valence-corrected chi connectivity index (χ4v) is 5.00. The fourth-order valence-electron chi connectivity index (χ4n) is 2.99. The average Bonchev–Trinajstić information content (AvgIpc) is 3.08. The van der Waals surface area contributed by atoms with Gasteiger partial charge in [-0.1, -0.05) is 38.5 Å². The van der Waals surface area contributed by atoms with E-state index in [9.17, 15) is 13.2 Å². The number of nitrogens with zero attached hydrogens (tertiary/aromatic N) is 3. The third kappa shape index (κ3) is 5.97. The van der Waals surface area contributed by atoms with Crippen LogP contribution in [-0.2, 0) is 14.8 Å². The molecule has 0 aliphatic carbocycles. The van der Waals surface area contributed by atoms with Crippen LogP contribution in [0, 0.1) is 5.92 Å². The highest BCUT2D eigenvalue weighted by Crippen LogP contribution is 2.21. The largest absolute Gasteiger partial charge is 0.300 e. The first-order valence-corrected chi connectivity index (χ1v) is 11.5. The van der Waals surface area contributed by atoms with Crippen molar-refractivity contribution in [2.75, 3.05) is 25.0 Å². The van der Waals surface area contributed by atoms with Crippen LogP contribution in [0.3, 0.4) is 0 Å². The Morgan fingerprint density at radius 3 is 2.81 bits per heavy atom. The predicted octanol–water partition coefficient (Wildman–Crippen LogP) is 2.07. The third-order valence-corrected chi connectivity index (χ3v) is 7.19. The molecule has 1 aromatic heterocycles. The maximum Gasteiger partial charge on any atom is 0.269 e. The van der Waals surface area contributed by atoms with E-state index >= 15 is 0 Å². The molecule has 1 amide bonds. The zero-order chi connectivity index (χ0) is 19.2. The number of aromatic nitrogens is 2. The summed E-state index contributed by atoms with van der Waals surface area (Å²) < 4.78 is 27.1. The summed E-state index contributed by atoms with van der Waals surface area (Å²) in [5.74, 6) is -0.427. The Balaban J connectivity index is 1.81. The zero-order valence-corrected chi connectivity index (χ0v) is 17.3. The van der Waals surface area contributed by atoms with Crippen molar-refractivity contribution in [2.45, 2.75) is 63.3 Å². The summed E-state index contributed by atoms with van der Waals surface area (Å²) in [7, 11) is -3.69. The molecule has 8 nitrogen and oxygen atoms in total. The number of hydrogen-bond acceptors (Lipinski definition) is 7. The standard InChI is InChI=1S/C16H29N5O3S2/c1-4-13-8-5-6-10-21(13)11-7-9-17-26(23,24)16-20-19-15(25-16)18-14(22)12(2)3/h12-13,17H,4-11H2,1-3H3,(H,18,19,22)/t13-/m0/s1. The molecule has 0 bridgehead atoms. The second-order valence-corrected chi connectivity index (χ2v) is 9.78. The van der Waals surface area contributed by atoms with Gasteiger partial charge in [-0.3, -0.25) is 4.79 Å². The molecule has 1 atom stereocenters. The van der Waals surface area contributed by atoms with Gasteiger partial charge in [0.15, 0.2) is 0 Å². The van der Waals surface area contributed by atoms with Gasteiger partial charge in [-0.05, 0) is 38.8 Å². The van der Waals surface area contributed by atoms with Crippen molar-refractivity contribution in [3.8, 4) is 0 Å². The second kappa shape index (κ2) is 9.72. The van der Waals surface area contributed by atoms with E-state index in [0.29, 0.717) is 12.6 Å². The van der Waals surface area contributed by atoms with Crippen molar-refractivity contribution in [1.82, 2.24) is 19.8 Å². The number of piperidine rings is 1. The van der Waals surface area contributed by atoms with E-state index in [0.717, 1.165) is 37.3 Å². The van der Waals surface area contributed by atoms with Gasteiger partial charge in [0.25, 0.3) is 10.0 Å². The molecule has 0 aromatic carbocycles. The lowest BCUT2D eigenvalue weighted by Gasteiger charge is -2.35. The van der Waals surface area contributed by atoms with Crippen molar-refractivity contribution in [2.24, 2.45) is 5.92 Å². The number of rotatable bonds is 9. The van der Waals surface area contributed by atoms with Crippen LogP contribution in [0.25, 0.3) is 0 Å². The molecule has 0 radical (unpaired) electrons. The minimum Gasteiger partial charge on any atom is -0.300 e. The number of anilines is 1. The highest BCUT2D eigenvalue weighted by Gasteiger charge is 2.22. The molecule has 1 saturated heterocycles. The lowest BCUT2D eigenvalue weighted by atomic mass is 10.00. The fraction of sp³-hybridized carbons (Fsp3) is 0.812. The quantitative estimate of drug-likeness (QED) is 0.483. The van der Waals surface area contributed by atoms with Gasteiger partial charge in [0, 0.05) is 18.5 Å². The lowest BCUT2D eigenvalue weighted by Crippen LogP contribution is -2.40. The van der Waals surface area contributed by atoms with Crippen molar-refractivity contribution >= 4 is 32.4 Å². The summed E-state index contributed by atoms with van der Waals surface area (Å²) in [6, 6.07) is 0.621. The number of amides is 1. The summed E-state index contributed by atoms with van der Waals surface area (Å²) in [6.07, 6.45) is 5.64. The van der Waals surface area contributed by atoms with Crippen LogP contribution in [-0.4, -0.2) is 55.1 Å². The van der Waals surface area contributed by atoms with Crippen molar-refractivity contribution in [1.29, 1.82) is 0 Å². The first-order valence-electron chi connectivity index (χ1n) is 9.21. The maximum atomic E-state index is 12.3. The van der Waals surface area contributed by atoms with Crippen LogP contribution in [0.15, 0.2) is 4.34 Å². The Labute approximate surface area is 159 Å². The molecular formula is C16H29N5O3S2. The van der Waals surface area contributed by atoms with E-state index < -0.39 is 10.0 Å². The molecule has 2 N–H and O–H groups in total. The van der Waals surface area contributed by atoms with Gasteiger partial charge in [-0.2, -0.15) is 0 Å². The van der Waals surface area contributed by atoms with Gasteiger partial charge in [0.05, 0.1) is 0 Å². The van der Waals surface area contributed by atoms with Crippen LogP contribution in [0.2, 0.25) is 0 Å². The van der Waals surface area contributed by atoms with Crippen LogP contribution < -0.4 is 10.0 Å². The number of carbonyl (C=O) groups excluding carboxylic acids is 1. The Kier molecular flexibility index (Phi) is 7.93. The molecular weight excluding hydrogens is 374 g/mol. The molecule has 10 heteroatoms. The third-order valence-electron chi connectivity index (χ3n) is 4.53. The summed E-state index contributed by atoms with van der Waals surface area (Å²) in [4.78, 5) is 14.1. The smallest absolute Gasteiger partial charge is 0.269 e. The highest BCUT2D eigenvalue weighted by molar-refractivity contribution is 7.91. The monoisotopic (exact) mass is 403 g/mol. The van der Waals surface area contributed by atoms with Crippen LogP contribution >= 0.6 is 11.3 Å². The minimum absolute atomic E-state index is 0.124. The molecule has 2 heterocycles. The van der Waals surface area contributed by atoms with Crippen molar-refractivity contribution in [3.63, 3.8) is 0 Å². The normalized spacial score (nSPS) is 19.0. The molecule has 0 spiro atoms. The SMILES string of the molecule is CC[C@H]1CCCCN1CCCNS(=O)(=O)c1nnc(NC(=O)C(C)C)s1. The van der Waals surface area contributed by atoms with Gasteiger partial charge < -0.3 is 10.2 Å². The lowest BCUT2D eigenvalue weighted by molar-refractivity contribution is -0.118. The van der Waals surface area contributed by atoms with Crippen LogP contribution in [0.4, 0.5) is 5.13 Å². The second-order valence-electron chi connectivity index (χ2n) is 6.86. The minimum atomic E-state index is -3.69. The number of hydrogen-bond donors (Lipinski definition) is 2. The van der Waals surface area contributed by atoms with Gasteiger partial charge in [0.2, 0.25) is 15.4 Å². The van der Waals surface area contributed by atoms with Crippen molar-refractivity contribution < 1.29 is 13.2 Å². The molecule has 0 saturated carbocycles. The van der Waals surface area contributed by atoms with E-state index in [1.807, 2.05) is 0 Å². The topological polar surface area (TPSA) is 104 Å². The summed E-state index contributed by atoms with van der Waals surface area (Å²) >= 11 is 0.861. The van der Waals surface area contributed by atoms with Gasteiger partial charge in [0.1, 0.15) is 0 Å².